The molecular formula is C22H27NO3. The Morgan fingerprint density at radius 2 is 1.69 bits per heavy atom. The Morgan fingerprint density at radius 1 is 1.00 bits per heavy atom. The summed E-state index contributed by atoms with van der Waals surface area (Å²) in [6.07, 6.45) is 6.15. The van der Waals surface area contributed by atoms with Crippen LogP contribution < -0.4 is 0 Å². The zero-order valence-electron chi connectivity index (χ0n) is 15.3. The molecule has 0 aliphatic heterocycles. The average Bonchev–Trinajstić information content (AvgIpc) is 2.67. The molecule has 0 radical (unpaired) electrons. The largest absolute Gasteiger partial charge is 0.508 e. The predicted octanol–water partition coefficient (Wildman–Crippen LogP) is 4.41. The highest BCUT2D eigenvalue weighted by molar-refractivity contribution is 5.78. The lowest BCUT2D eigenvalue weighted by Crippen LogP contribution is -2.38. The molecule has 4 nitrogen and oxygen atoms in total. The second-order valence-corrected chi connectivity index (χ2v) is 7.24. The van der Waals surface area contributed by atoms with Crippen LogP contribution in [0.25, 0.3) is 0 Å². The number of nitrogens with zero attached hydrogens (tertiary/aromatic N) is 1. The summed E-state index contributed by atoms with van der Waals surface area (Å²) in [5.41, 5.74) is 1.86. The lowest BCUT2D eigenvalue weighted by molar-refractivity contribution is -0.132. The Hall–Kier alpha value is -2.49. The van der Waals surface area contributed by atoms with Gasteiger partial charge in [0.1, 0.15) is 11.5 Å². The summed E-state index contributed by atoms with van der Waals surface area (Å²) in [6.45, 7) is 0. The van der Waals surface area contributed by atoms with Gasteiger partial charge in [-0.3, -0.25) is 4.79 Å². The Bertz CT molecular complexity index is 735. The fourth-order valence-electron chi connectivity index (χ4n) is 3.87. The number of phenolic OH excluding ortho intramolecular Hbond substituents is 2. The molecule has 1 atom stereocenters. The van der Waals surface area contributed by atoms with Crippen LogP contribution in [0.2, 0.25) is 0 Å². The SMILES string of the molecule is CN(C(=O)C[C@H](c1ccc(O)cc1)c1cccc(O)c1)C1CCCCC1. The van der Waals surface area contributed by atoms with E-state index in [0.717, 1.165) is 24.0 Å². The molecule has 1 aliphatic carbocycles. The third kappa shape index (κ3) is 4.37. The maximum absolute atomic E-state index is 13.0. The van der Waals surface area contributed by atoms with Gasteiger partial charge in [0.2, 0.25) is 5.91 Å². The molecule has 2 aromatic carbocycles. The van der Waals surface area contributed by atoms with Crippen LogP contribution in [0.3, 0.4) is 0 Å². The quantitative estimate of drug-likeness (QED) is 0.837. The molecule has 3 rings (SSSR count). The zero-order chi connectivity index (χ0) is 18.5. The first-order chi connectivity index (χ1) is 12.5. The van der Waals surface area contributed by atoms with Crippen molar-refractivity contribution in [3.05, 3.63) is 59.7 Å². The number of aromatic hydroxyl groups is 2. The summed E-state index contributed by atoms with van der Waals surface area (Å²) in [4.78, 5) is 14.9. The van der Waals surface area contributed by atoms with Gasteiger partial charge in [-0.2, -0.15) is 0 Å². The van der Waals surface area contributed by atoms with Gasteiger partial charge in [-0.25, -0.2) is 0 Å². The summed E-state index contributed by atoms with van der Waals surface area (Å²) >= 11 is 0. The molecule has 1 aliphatic rings. The summed E-state index contributed by atoms with van der Waals surface area (Å²) in [7, 11) is 1.91. The van der Waals surface area contributed by atoms with Gasteiger partial charge in [0.25, 0.3) is 0 Å². The van der Waals surface area contributed by atoms with Gasteiger partial charge in [-0.15, -0.1) is 0 Å². The second kappa shape index (κ2) is 8.26. The monoisotopic (exact) mass is 353 g/mol. The van der Waals surface area contributed by atoms with Crippen molar-refractivity contribution in [2.75, 3.05) is 7.05 Å². The molecule has 1 fully saturated rings. The molecule has 1 saturated carbocycles. The number of amides is 1. The van der Waals surface area contributed by atoms with E-state index in [-0.39, 0.29) is 23.3 Å². The molecule has 0 unspecified atom stereocenters. The number of carbonyl (C=O) groups is 1. The molecule has 2 N–H and O–H groups in total. The predicted molar refractivity (Wildman–Crippen MR) is 102 cm³/mol. The Morgan fingerprint density at radius 3 is 2.35 bits per heavy atom. The van der Waals surface area contributed by atoms with Gasteiger partial charge >= 0.3 is 0 Å². The minimum Gasteiger partial charge on any atom is -0.508 e. The van der Waals surface area contributed by atoms with E-state index >= 15 is 0 Å². The van der Waals surface area contributed by atoms with E-state index in [9.17, 15) is 15.0 Å². The normalized spacial score (nSPS) is 16.2. The first kappa shape index (κ1) is 18.3. The van der Waals surface area contributed by atoms with Gasteiger partial charge in [0.05, 0.1) is 0 Å². The van der Waals surface area contributed by atoms with Gasteiger partial charge in [0, 0.05) is 25.4 Å². The molecule has 0 spiro atoms. The molecule has 0 bridgehead atoms. The molecule has 0 heterocycles. The van der Waals surface area contributed by atoms with E-state index in [0.29, 0.717) is 12.5 Å². The number of carbonyl (C=O) groups excluding carboxylic acids is 1. The lowest BCUT2D eigenvalue weighted by Gasteiger charge is -2.32. The van der Waals surface area contributed by atoms with Crippen LogP contribution >= 0.6 is 0 Å². The fraction of sp³-hybridized carbons (Fsp3) is 0.409. The number of benzene rings is 2. The van der Waals surface area contributed by atoms with E-state index < -0.39 is 0 Å². The maximum Gasteiger partial charge on any atom is 0.223 e. The van der Waals surface area contributed by atoms with E-state index in [1.54, 1.807) is 30.3 Å². The summed E-state index contributed by atoms with van der Waals surface area (Å²) in [6, 6.07) is 14.4. The molecule has 0 saturated heterocycles. The van der Waals surface area contributed by atoms with Crippen molar-refractivity contribution in [2.24, 2.45) is 0 Å². The molecule has 0 aromatic heterocycles. The lowest BCUT2D eigenvalue weighted by atomic mass is 9.87. The number of hydrogen-bond acceptors (Lipinski definition) is 3. The molecular weight excluding hydrogens is 326 g/mol. The standard InChI is InChI=1S/C22H27NO3/c1-23(18-7-3-2-4-8-18)22(26)15-21(16-10-12-19(24)13-11-16)17-6-5-9-20(25)14-17/h5-6,9-14,18,21,24-25H,2-4,7-8,15H2,1H3/t21-/m1/s1. The van der Waals surface area contributed by atoms with E-state index in [1.807, 2.05) is 30.1 Å². The third-order valence-corrected chi connectivity index (χ3v) is 5.46. The highest BCUT2D eigenvalue weighted by Gasteiger charge is 2.26. The summed E-state index contributed by atoms with van der Waals surface area (Å²) in [5.74, 6) is 0.368. The van der Waals surface area contributed by atoms with E-state index in [4.69, 9.17) is 0 Å². The molecule has 4 heteroatoms. The first-order valence-corrected chi connectivity index (χ1v) is 9.38. The van der Waals surface area contributed by atoms with E-state index in [1.165, 1.54) is 19.3 Å². The fourth-order valence-corrected chi connectivity index (χ4v) is 3.87. The summed E-state index contributed by atoms with van der Waals surface area (Å²) < 4.78 is 0. The number of hydrogen-bond donors (Lipinski definition) is 2. The van der Waals surface area contributed by atoms with Crippen LogP contribution in [-0.4, -0.2) is 34.1 Å². The zero-order valence-corrected chi connectivity index (χ0v) is 15.3. The van der Waals surface area contributed by atoms with Crippen LogP contribution in [0, 0.1) is 0 Å². The second-order valence-electron chi connectivity index (χ2n) is 7.24. The summed E-state index contributed by atoms with van der Waals surface area (Å²) in [5, 5.41) is 19.4. The van der Waals surface area contributed by atoms with Crippen LogP contribution in [-0.2, 0) is 4.79 Å². The van der Waals surface area contributed by atoms with Crippen LogP contribution in [0.1, 0.15) is 55.6 Å². The topological polar surface area (TPSA) is 60.8 Å². The number of phenols is 2. The van der Waals surface area contributed by atoms with Gasteiger partial charge in [-0.1, -0.05) is 43.5 Å². The van der Waals surface area contributed by atoms with Crippen molar-refractivity contribution in [1.29, 1.82) is 0 Å². The minimum atomic E-state index is -0.152. The Kier molecular flexibility index (Phi) is 5.82. The highest BCUT2D eigenvalue weighted by atomic mass is 16.3. The smallest absolute Gasteiger partial charge is 0.223 e. The molecule has 26 heavy (non-hydrogen) atoms. The van der Waals surface area contributed by atoms with Gasteiger partial charge < -0.3 is 15.1 Å². The van der Waals surface area contributed by atoms with Crippen molar-refractivity contribution < 1.29 is 15.0 Å². The van der Waals surface area contributed by atoms with E-state index in [2.05, 4.69) is 0 Å². The van der Waals surface area contributed by atoms with Crippen molar-refractivity contribution in [3.63, 3.8) is 0 Å². The van der Waals surface area contributed by atoms with Gasteiger partial charge in [0.15, 0.2) is 0 Å². The average molecular weight is 353 g/mol. The third-order valence-electron chi connectivity index (χ3n) is 5.46. The van der Waals surface area contributed by atoms with Gasteiger partial charge in [-0.05, 0) is 48.2 Å². The van der Waals surface area contributed by atoms with Crippen molar-refractivity contribution >= 4 is 5.91 Å². The minimum absolute atomic E-state index is 0.123. The van der Waals surface area contributed by atoms with Crippen LogP contribution in [0.4, 0.5) is 0 Å². The first-order valence-electron chi connectivity index (χ1n) is 9.38. The van der Waals surface area contributed by atoms with Crippen LogP contribution in [0.15, 0.2) is 48.5 Å². The van der Waals surface area contributed by atoms with Crippen molar-refractivity contribution in [2.45, 2.75) is 50.5 Å². The van der Waals surface area contributed by atoms with Crippen LogP contribution in [0.5, 0.6) is 11.5 Å². The van der Waals surface area contributed by atoms with Crippen molar-refractivity contribution in [1.82, 2.24) is 4.90 Å². The van der Waals surface area contributed by atoms with Crippen molar-refractivity contribution in [3.8, 4) is 11.5 Å². The molecule has 2 aromatic rings. The maximum atomic E-state index is 13.0. The number of rotatable bonds is 5. The molecule has 1 amide bonds. The Labute approximate surface area is 155 Å². The molecule has 138 valence electrons. The Balaban J connectivity index is 1.83. The highest BCUT2D eigenvalue weighted by Crippen LogP contribution is 2.32.